The Morgan fingerprint density at radius 2 is 1.45 bits per heavy atom. The molecule has 2 rings (SSSR count). The van der Waals surface area contributed by atoms with Gasteiger partial charge in [0.25, 0.3) is 0 Å². The largest absolute Gasteiger partial charge is 0.298 e. The van der Waals surface area contributed by atoms with Crippen LogP contribution in [0.1, 0.15) is 85.5 Å². The van der Waals surface area contributed by atoms with Crippen LogP contribution in [0, 0.1) is 17.8 Å². The topological polar surface area (TPSA) is 3.24 Å². The van der Waals surface area contributed by atoms with Crippen LogP contribution in [0.4, 0.5) is 0 Å². The van der Waals surface area contributed by atoms with E-state index < -0.39 is 0 Å². The molecule has 0 unspecified atom stereocenters. The van der Waals surface area contributed by atoms with Crippen LogP contribution in [0.25, 0.3) is 0 Å². The predicted molar refractivity (Wildman–Crippen MR) is 89.0 cm³/mol. The molecule has 0 radical (unpaired) electrons. The molecule has 1 heteroatoms. The molecule has 0 atom stereocenters. The van der Waals surface area contributed by atoms with Crippen LogP contribution in [0.15, 0.2) is 0 Å². The molecule has 20 heavy (non-hydrogen) atoms. The second-order valence-corrected chi connectivity index (χ2v) is 8.44. The summed E-state index contributed by atoms with van der Waals surface area (Å²) in [5, 5.41) is 0. The van der Waals surface area contributed by atoms with Crippen molar-refractivity contribution in [3.63, 3.8) is 0 Å². The van der Waals surface area contributed by atoms with Gasteiger partial charge in [-0.05, 0) is 64.0 Å². The highest BCUT2D eigenvalue weighted by Gasteiger charge is 2.32. The summed E-state index contributed by atoms with van der Waals surface area (Å²) in [6.07, 6.45) is 13.2. The Hall–Kier alpha value is -0.0400. The van der Waals surface area contributed by atoms with Crippen molar-refractivity contribution >= 4 is 0 Å². The van der Waals surface area contributed by atoms with Crippen molar-refractivity contribution < 1.29 is 0 Å². The Balaban J connectivity index is 1.81. The Kier molecular flexibility index (Phi) is 5.95. The van der Waals surface area contributed by atoms with Crippen LogP contribution < -0.4 is 0 Å². The first-order valence-electron chi connectivity index (χ1n) is 9.24. The van der Waals surface area contributed by atoms with E-state index in [0.717, 1.165) is 17.8 Å². The van der Waals surface area contributed by atoms with Gasteiger partial charge in [-0.1, -0.05) is 52.4 Å². The molecule has 0 N–H and O–H groups in total. The molecule has 1 nitrogen and oxygen atoms in total. The Labute approximate surface area is 127 Å². The van der Waals surface area contributed by atoms with Gasteiger partial charge in [0.05, 0.1) is 0 Å². The van der Waals surface area contributed by atoms with Crippen LogP contribution in [0.5, 0.6) is 0 Å². The lowest BCUT2D eigenvalue weighted by atomic mass is 9.77. The second kappa shape index (κ2) is 7.29. The predicted octanol–water partition coefficient (Wildman–Crippen LogP) is 5.49. The van der Waals surface area contributed by atoms with Crippen molar-refractivity contribution in [3.8, 4) is 0 Å². The van der Waals surface area contributed by atoms with Gasteiger partial charge in [-0.15, -0.1) is 0 Å². The van der Waals surface area contributed by atoms with E-state index in [1.807, 2.05) is 0 Å². The van der Waals surface area contributed by atoms with E-state index in [-0.39, 0.29) is 0 Å². The molecule has 0 aromatic carbocycles. The molecule has 1 aliphatic carbocycles. The first kappa shape index (κ1) is 16.3. The minimum atomic E-state index is 0.442. The molecule has 2 aliphatic rings. The number of nitrogens with zero attached hydrogens (tertiary/aromatic N) is 1. The number of likely N-dealkylation sites (tertiary alicyclic amines) is 1. The van der Waals surface area contributed by atoms with Crippen molar-refractivity contribution in [1.29, 1.82) is 0 Å². The van der Waals surface area contributed by atoms with Crippen LogP contribution in [0.2, 0.25) is 0 Å². The number of hydrogen-bond acceptors (Lipinski definition) is 1. The van der Waals surface area contributed by atoms with Crippen LogP contribution >= 0.6 is 0 Å². The van der Waals surface area contributed by atoms with E-state index >= 15 is 0 Å². The fourth-order valence-corrected chi connectivity index (χ4v) is 4.65. The van der Waals surface area contributed by atoms with E-state index in [4.69, 9.17) is 0 Å². The standard InChI is InChI=1S/C19H37N/c1-16(2)18-11-7-9-17(10-8-12-18)15-19(3,4)20-13-5-6-14-20/h16-18H,5-15H2,1-4H3. The average molecular weight is 280 g/mol. The average Bonchev–Trinajstić information content (AvgIpc) is 2.86. The number of rotatable bonds is 4. The molecule has 1 saturated heterocycles. The van der Waals surface area contributed by atoms with E-state index in [1.54, 1.807) is 0 Å². The molecule has 0 spiro atoms. The Morgan fingerprint density at radius 3 is 1.95 bits per heavy atom. The van der Waals surface area contributed by atoms with Gasteiger partial charge in [-0.3, -0.25) is 4.90 Å². The Morgan fingerprint density at radius 1 is 0.900 bits per heavy atom. The lowest BCUT2D eigenvalue weighted by molar-refractivity contribution is 0.111. The monoisotopic (exact) mass is 279 g/mol. The molecular weight excluding hydrogens is 242 g/mol. The summed E-state index contributed by atoms with van der Waals surface area (Å²) in [6, 6.07) is 0. The Bertz CT molecular complexity index is 265. The van der Waals surface area contributed by atoms with Crippen molar-refractivity contribution in [1.82, 2.24) is 4.90 Å². The summed E-state index contributed by atoms with van der Waals surface area (Å²) in [6.45, 7) is 12.5. The van der Waals surface area contributed by atoms with Crippen LogP contribution in [0.3, 0.4) is 0 Å². The summed E-state index contributed by atoms with van der Waals surface area (Å²) in [5.74, 6) is 2.88. The van der Waals surface area contributed by atoms with E-state index in [9.17, 15) is 0 Å². The normalized spacial score (nSPS) is 30.4. The molecule has 2 fully saturated rings. The zero-order valence-electron chi connectivity index (χ0n) is 14.5. The molecule has 118 valence electrons. The quantitative estimate of drug-likeness (QED) is 0.657. The van der Waals surface area contributed by atoms with Crippen molar-refractivity contribution in [2.75, 3.05) is 13.1 Å². The summed E-state index contributed by atoms with van der Waals surface area (Å²) < 4.78 is 0. The van der Waals surface area contributed by atoms with E-state index in [2.05, 4.69) is 32.6 Å². The molecule has 0 aromatic rings. The summed E-state index contributed by atoms with van der Waals surface area (Å²) in [7, 11) is 0. The minimum absolute atomic E-state index is 0.442. The highest BCUT2D eigenvalue weighted by Crippen LogP contribution is 2.36. The summed E-state index contributed by atoms with van der Waals surface area (Å²) >= 11 is 0. The van der Waals surface area contributed by atoms with Gasteiger partial charge in [0.2, 0.25) is 0 Å². The first-order valence-corrected chi connectivity index (χ1v) is 9.24. The minimum Gasteiger partial charge on any atom is -0.298 e. The van der Waals surface area contributed by atoms with Gasteiger partial charge in [0, 0.05) is 5.54 Å². The molecule has 1 heterocycles. The van der Waals surface area contributed by atoms with Gasteiger partial charge in [-0.25, -0.2) is 0 Å². The van der Waals surface area contributed by atoms with Gasteiger partial charge in [0.15, 0.2) is 0 Å². The lowest BCUT2D eigenvalue weighted by Crippen LogP contribution is -2.43. The fourth-order valence-electron chi connectivity index (χ4n) is 4.65. The highest BCUT2D eigenvalue weighted by atomic mass is 15.2. The first-order chi connectivity index (χ1) is 9.49. The molecule has 1 saturated carbocycles. The third kappa shape index (κ3) is 4.48. The number of hydrogen-bond donors (Lipinski definition) is 0. The third-order valence-corrected chi connectivity index (χ3v) is 6.07. The SMILES string of the molecule is CC(C)C1CCCC(CC(C)(C)N2CCCC2)CCC1. The molecule has 1 aliphatic heterocycles. The van der Waals surface area contributed by atoms with Gasteiger partial charge in [-0.2, -0.15) is 0 Å². The maximum absolute atomic E-state index is 2.75. The molecule has 0 amide bonds. The maximum atomic E-state index is 2.75. The van der Waals surface area contributed by atoms with Crippen molar-refractivity contribution in [2.45, 2.75) is 91.0 Å². The van der Waals surface area contributed by atoms with Gasteiger partial charge in [0.1, 0.15) is 0 Å². The van der Waals surface area contributed by atoms with E-state index in [1.165, 1.54) is 70.9 Å². The van der Waals surface area contributed by atoms with Gasteiger partial charge >= 0.3 is 0 Å². The van der Waals surface area contributed by atoms with Crippen LogP contribution in [-0.2, 0) is 0 Å². The summed E-state index contributed by atoms with van der Waals surface area (Å²) in [4.78, 5) is 2.75. The smallest absolute Gasteiger partial charge is 0.0155 e. The molecule has 0 bridgehead atoms. The molecular formula is C19H37N. The fraction of sp³-hybridized carbons (Fsp3) is 1.00. The maximum Gasteiger partial charge on any atom is 0.0155 e. The zero-order chi connectivity index (χ0) is 14.6. The second-order valence-electron chi connectivity index (χ2n) is 8.44. The molecule has 0 aromatic heterocycles. The zero-order valence-corrected chi connectivity index (χ0v) is 14.5. The van der Waals surface area contributed by atoms with Crippen LogP contribution in [-0.4, -0.2) is 23.5 Å². The van der Waals surface area contributed by atoms with Crippen molar-refractivity contribution in [3.05, 3.63) is 0 Å². The lowest BCUT2D eigenvalue weighted by Gasteiger charge is -2.39. The highest BCUT2D eigenvalue weighted by molar-refractivity contribution is 4.87. The van der Waals surface area contributed by atoms with E-state index in [0.29, 0.717) is 5.54 Å². The third-order valence-electron chi connectivity index (χ3n) is 6.07. The summed E-state index contributed by atoms with van der Waals surface area (Å²) in [5.41, 5.74) is 0.442. The van der Waals surface area contributed by atoms with Crippen molar-refractivity contribution in [2.24, 2.45) is 17.8 Å². The van der Waals surface area contributed by atoms with Gasteiger partial charge < -0.3 is 0 Å².